The summed E-state index contributed by atoms with van der Waals surface area (Å²) >= 11 is 0. The van der Waals surface area contributed by atoms with E-state index in [0.29, 0.717) is 37.0 Å². The number of piperidine rings is 1. The number of oxazole rings is 1. The fraction of sp³-hybridized carbons (Fsp3) is 0.214. The second-order valence-electron chi connectivity index (χ2n) is 9.02. The summed E-state index contributed by atoms with van der Waals surface area (Å²) in [5, 5.41) is 9.71. The second kappa shape index (κ2) is 8.78. The number of hydrogen-bond acceptors (Lipinski definition) is 4. The van der Waals surface area contributed by atoms with Crippen molar-refractivity contribution in [3.63, 3.8) is 0 Å². The van der Waals surface area contributed by atoms with Crippen molar-refractivity contribution in [1.82, 2.24) is 4.98 Å². The lowest BCUT2D eigenvalue weighted by atomic mass is 9.82. The SMILES string of the molecule is CC1(C(=O)O)CCCN(c2nc(-c3ccc(-c4ccc(F)cc4)cc3)c(-c3ccccc3)o2)C1. The highest BCUT2D eigenvalue weighted by atomic mass is 19.1. The summed E-state index contributed by atoms with van der Waals surface area (Å²) in [7, 11) is 0. The Morgan fingerprint density at radius 1 is 0.941 bits per heavy atom. The number of nitrogens with zero attached hydrogens (tertiary/aromatic N) is 2. The van der Waals surface area contributed by atoms with Gasteiger partial charge in [-0.1, -0.05) is 66.7 Å². The molecule has 0 amide bonds. The first-order valence-corrected chi connectivity index (χ1v) is 11.3. The Kier molecular flexibility index (Phi) is 5.65. The summed E-state index contributed by atoms with van der Waals surface area (Å²) in [6, 6.07) is 24.5. The van der Waals surface area contributed by atoms with Gasteiger partial charge in [0.2, 0.25) is 0 Å². The predicted molar refractivity (Wildman–Crippen MR) is 130 cm³/mol. The van der Waals surface area contributed by atoms with Crippen LogP contribution in [0.25, 0.3) is 33.7 Å². The molecule has 4 aromatic rings. The third kappa shape index (κ3) is 4.19. The maximum atomic E-state index is 13.3. The van der Waals surface area contributed by atoms with E-state index in [1.165, 1.54) is 12.1 Å². The zero-order chi connectivity index (χ0) is 23.7. The van der Waals surface area contributed by atoms with Crippen LogP contribution in [0.15, 0.2) is 83.3 Å². The predicted octanol–water partition coefficient (Wildman–Crippen LogP) is 6.51. The first kappa shape index (κ1) is 21.9. The number of aromatic nitrogens is 1. The lowest BCUT2D eigenvalue weighted by molar-refractivity contribution is -0.148. The molecule has 1 aliphatic heterocycles. The van der Waals surface area contributed by atoms with E-state index in [-0.39, 0.29) is 5.82 Å². The van der Waals surface area contributed by atoms with Crippen LogP contribution in [0, 0.1) is 11.2 Å². The molecule has 0 radical (unpaired) electrons. The molecule has 172 valence electrons. The minimum atomic E-state index is -0.837. The molecule has 0 saturated carbocycles. The largest absolute Gasteiger partial charge is 0.481 e. The molecule has 1 saturated heterocycles. The van der Waals surface area contributed by atoms with Crippen molar-refractivity contribution in [2.24, 2.45) is 5.41 Å². The number of aliphatic carboxylic acids is 1. The topological polar surface area (TPSA) is 66.6 Å². The Hall–Kier alpha value is -3.93. The number of carbonyl (C=O) groups is 1. The normalized spacial score (nSPS) is 18.1. The fourth-order valence-electron chi connectivity index (χ4n) is 4.47. The zero-order valence-electron chi connectivity index (χ0n) is 18.9. The molecule has 1 aromatic heterocycles. The maximum Gasteiger partial charge on any atom is 0.311 e. The maximum absolute atomic E-state index is 13.3. The van der Waals surface area contributed by atoms with Crippen molar-refractivity contribution in [2.75, 3.05) is 18.0 Å². The Morgan fingerprint density at radius 2 is 1.56 bits per heavy atom. The van der Waals surface area contributed by atoms with E-state index < -0.39 is 11.4 Å². The molecule has 34 heavy (non-hydrogen) atoms. The van der Waals surface area contributed by atoms with E-state index in [1.54, 1.807) is 19.1 Å². The van der Waals surface area contributed by atoms with Crippen LogP contribution in [0.5, 0.6) is 0 Å². The van der Waals surface area contributed by atoms with Crippen LogP contribution in [-0.4, -0.2) is 29.1 Å². The third-order valence-electron chi connectivity index (χ3n) is 6.47. The summed E-state index contributed by atoms with van der Waals surface area (Å²) in [5.74, 6) is -0.420. The van der Waals surface area contributed by atoms with Gasteiger partial charge in [0.25, 0.3) is 6.01 Å². The van der Waals surface area contributed by atoms with E-state index in [1.807, 2.05) is 59.5 Å². The lowest BCUT2D eigenvalue weighted by Crippen LogP contribution is -2.46. The van der Waals surface area contributed by atoms with Crippen molar-refractivity contribution < 1.29 is 18.7 Å². The summed E-state index contributed by atoms with van der Waals surface area (Å²) in [5.41, 5.74) is 3.56. The summed E-state index contributed by atoms with van der Waals surface area (Å²) in [6.07, 6.45) is 1.39. The Bertz CT molecular complexity index is 1300. The quantitative estimate of drug-likeness (QED) is 0.371. The van der Waals surface area contributed by atoms with E-state index in [2.05, 4.69) is 0 Å². The molecule has 0 bridgehead atoms. The third-order valence-corrected chi connectivity index (χ3v) is 6.47. The average molecular weight is 457 g/mol. The number of benzene rings is 3. The van der Waals surface area contributed by atoms with Gasteiger partial charge in [-0.25, -0.2) is 4.39 Å². The fourth-order valence-corrected chi connectivity index (χ4v) is 4.47. The molecule has 6 heteroatoms. The van der Waals surface area contributed by atoms with E-state index in [9.17, 15) is 14.3 Å². The molecule has 1 N–H and O–H groups in total. The van der Waals surface area contributed by atoms with Gasteiger partial charge in [0.05, 0.1) is 5.41 Å². The number of rotatable bonds is 5. The molecule has 3 aromatic carbocycles. The number of halogens is 1. The highest BCUT2D eigenvalue weighted by molar-refractivity contribution is 5.80. The van der Waals surface area contributed by atoms with Crippen molar-refractivity contribution in [3.05, 3.63) is 84.7 Å². The molecular formula is C28H25FN2O3. The van der Waals surface area contributed by atoms with Gasteiger partial charge in [-0.05, 0) is 43.0 Å². The lowest BCUT2D eigenvalue weighted by Gasteiger charge is -2.36. The molecule has 1 fully saturated rings. The van der Waals surface area contributed by atoms with E-state index in [0.717, 1.165) is 28.7 Å². The first-order valence-electron chi connectivity index (χ1n) is 11.3. The molecule has 5 rings (SSSR count). The highest BCUT2D eigenvalue weighted by Crippen LogP contribution is 2.39. The molecule has 0 aliphatic carbocycles. The summed E-state index contributed by atoms with van der Waals surface area (Å²) < 4.78 is 19.6. The minimum absolute atomic E-state index is 0.264. The monoisotopic (exact) mass is 456 g/mol. The number of anilines is 1. The molecule has 5 nitrogen and oxygen atoms in total. The summed E-state index contributed by atoms with van der Waals surface area (Å²) in [6.45, 7) is 2.82. The van der Waals surface area contributed by atoms with Gasteiger partial charge in [0, 0.05) is 24.2 Å². The van der Waals surface area contributed by atoms with Gasteiger partial charge >= 0.3 is 5.97 Å². The Balaban J connectivity index is 1.53. The van der Waals surface area contributed by atoms with Crippen molar-refractivity contribution in [2.45, 2.75) is 19.8 Å². The van der Waals surface area contributed by atoms with Crippen molar-refractivity contribution in [1.29, 1.82) is 0 Å². The van der Waals surface area contributed by atoms with Gasteiger partial charge in [-0.3, -0.25) is 4.79 Å². The van der Waals surface area contributed by atoms with Crippen LogP contribution in [0.3, 0.4) is 0 Å². The molecule has 1 unspecified atom stereocenters. The van der Waals surface area contributed by atoms with Crippen LogP contribution in [0.2, 0.25) is 0 Å². The molecule has 0 spiro atoms. The van der Waals surface area contributed by atoms with Crippen LogP contribution in [0.4, 0.5) is 10.4 Å². The molecule has 1 atom stereocenters. The zero-order valence-corrected chi connectivity index (χ0v) is 18.9. The van der Waals surface area contributed by atoms with Gasteiger partial charge in [0.1, 0.15) is 11.5 Å². The standard InChI is InChI=1S/C28H25FN2O3/c1-28(26(32)33)16-5-17-31(18-28)27-30-24(25(34-27)22-6-3-2-4-7-22)21-10-8-19(9-11-21)20-12-14-23(29)15-13-20/h2-4,6-15H,5,16-18H2,1H3,(H,32,33). The number of carboxylic acids is 1. The van der Waals surface area contributed by atoms with Gasteiger partial charge in [-0.15, -0.1) is 0 Å². The van der Waals surface area contributed by atoms with Crippen LogP contribution >= 0.6 is 0 Å². The molecular weight excluding hydrogens is 431 g/mol. The Labute approximate surface area is 197 Å². The summed E-state index contributed by atoms with van der Waals surface area (Å²) in [4.78, 5) is 18.6. The molecule has 1 aliphatic rings. The van der Waals surface area contributed by atoms with Crippen LogP contribution in [0.1, 0.15) is 19.8 Å². The number of hydrogen-bond donors (Lipinski definition) is 1. The van der Waals surface area contributed by atoms with E-state index >= 15 is 0 Å². The van der Waals surface area contributed by atoms with Gasteiger partial charge in [0.15, 0.2) is 5.76 Å². The minimum Gasteiger partial charge on any atom is -0.481 e. The van der Waals surface area contributed by atoms with Gasteiger partial charge < -0.3 is 14.4 Å². The van der Waals surface area contributed by atoms with E-state index in [4.69, 9.17) is 9.40 Å². The first-order chi connectivity index (χ1) is 16.4. The smallest absolute Gasteiger partial charge is 0.311 e. The second-order valence-corrected chi connectivity index (χ2v) is 9.02. The number of carboxylic acid groups (broad SMARTS) is 1. The van der Waals surface area contributed by atoms with Crippen LogP contribution in [-0.2, 0) is 4.79 Å². The Morgan fingerprint density at radius 3 is 2.21 bits per heavy atom. The molecule has 2 heterocycles. The van der Waals surface area contributed by atoms with Crippen LogP contribution < -0.4 is 4.90 Å². The van der Waals surface area contributed by atoms with Crippen molar-refractivity contribution >= 4 is 12.0 Å². The van der Waals surface area contributed by atoms with Crippen molar-refractivity contribution in [3.8, 4) is 33.7 Å². The average Bonchev–Trinajstić information content (AvgIpc) is 3.31. The van der Waals surface area contributed by atoms with Gasteiger partial charge in [-0.2, -0.15) is 4.98 Å². The highest BCUT2D eigenvalue weighted by Gasteiger charge is 2.39.